The van der Waals surface area contributed by atoms with Gasteiger partial charge in [-0.3, -0.25) is 4.55 Å². The normalized spacial score (nSPS) is 11.5. The first-order chi connectivity index (χ1) is 11.0. The maximum atomic E-state index is 12.1. The summed E-state index contributed by atoms with van der Waals surface area (Å²) in [6.07, 6.45) is 5.26. The molecule has 0 aliphatic rings. The van der Waals surface area contributed by atoms with E-state index in [1.807, 2.05) is 31.2 Å². The molecule has 127 valence electrons. The number of fused-ring (bicyclic) bond motifs is 1. The second-order valence-electron chi connectivity index (χ2n) is 6.04. The first kappa shape index (κ1) is 21.7. The standard InChI is InChI=1S/C19H26O3S.Na/c1-4-9-14-15(10-5-2)17(11-6-3)19(23(20,21)22)18-13-8-7-12-16(14)18;/h7-8,12-13H,4-6,9-11H2,1-3H3,(H,20,21,22);. The molecule has 1 radical (unpaired) electrons. The van der Waals surface area contributed by atoms with Crippen molar-refractivity contribution in [1.82, 2.24) is 0 Å². The summed E-state index contributed by atoms with van der Waals surface area (Å²) >= 11 is 0. The van der Waals surface area contributed by atoms with Crippen molar-refractivity contribution in [3.8, 4) is 0 Å². The van der Waals surface area contributed by atoms with Crippen LogP contribution in [0.5, 0.6) is 0 Å². The summed E-state index contributed by atoms with van der Waals surface area (Å²) in [7, 11) is -4.25. The molecule has 1 N–H and O–H groups in total. The Kier molecular flexibility index (Phi) is 8.43. The van der Waals surface area contributed by atoms with Crippen LogP contribution in [-0.2, 0) is 29.4 Å². The zero-order valence-electron chi connectivity index (χ0n) is 15.2. The Balaban J connectivity index is 0.00000288. The zero-order chi connectivity index (χ0) is 17.0. The fraction of sp³-hybridized carbons (Fsp3) is 0.474. The number of hydrogen-bond donors (Lipinski definition) is 1. The van der Waals surface area contributed by atoms with Crippen molar-refractivity contribution >= 4 is 50.4 Å². The van der Waals surface area contributed by atoms with Crippen molar-refractivity contribution < 1.29 is 13.0 Å². The van der Waals surface area contributed by atoms with Crippen molar-refractivity contribution in [2.45, 2.75) is 64.2 Å². The molecular formula is C19H26NaO3S. The summed E-state index contributed by atoms with van der Waals surface area (Å²) in [5.41, 5.74) is 3.20. The maximum Gasteiger partial charge on any atom is 0.295 e. The Morgan fingerprint density at radius 3 is 1.75 bits per heavy atom. The molecule has 2 aromatic carbocycles. The number of hydrogen-bond acceptors (Lipinski definition) is 2. The van der Waals surface area contributed by atoms with Gasteiger partial charge in [-0.05, 0) is 41.3 Å². The predicted octanol–water partition coefficient (Wildman–Crippen LogP) is 4.56. The molecule has 24 heavy (non-hydrogen) atoms. The summed E-state index contributed by atoms with van der Waals surface area (Å²) in [6.45, 7) is 6.28. The molecule has 0 fully saturated rings. The third-order valence-electron chi connectivity index (χ3n) is 4.26. The summed E-state index contributed by atoms with van der Waals surface area (Å²) in [5, 5.41) is 1.62. The van der Waals surface area contributed by atoms with Gasteiger partial charge in [0.15, 0.2) is 0 Å². The van der Waals surface area contributed by atoms with Crippen LogP contribution in [-0.4, -0.2) is 42.5 Å². The van der Waals surface area contributed by atoms with E-state index < -0.39 is 10.1 Å². The fourth-order valence-electron chi connectivity index (χ4n) is 3.48. The summed E-state index contributed by atoms with van der Waals surface area (Å²) < 4.78 is 34.1. The maximum absolute atomic E-state index is 12.1. The molecule has 0 bridgehead atoms. The zero-order valence-corrected chi connectivity index (χ0v) is 18.0. The Morgan fingerprint density at radius 2 is 1.25 bits per heavy atom. The number of rotatable bonds is 7. The predicted molar refractivity (Wildman–Crippen MR) is 102 cm³/mol. The molecule has 2 aromatic rings. The molecule has 0 spiro atoms. The molecular weight excluding hydrogens is 331 g/mol. The smallest absolute Gasteiger partial charge is 0.282 e. The average molecular weight is 357 g/mol. The second-order valence-corrected chi connectivity index (χ2v) is 7.39. The molecule has 0 atom stereocenters. The minimum Gasteiger partial charge on any atom is -0.282 e. The molecule has 0 aliphatic heterocycles. The SMILES string of the molecule is CCCc1c(CCC)c(S(=O)(=O)O)c2ccccc2c1CCC.[Na]. The van der Waals surface area contributed by atoms with E-state index in [0.717, 1.165) is 48.6 Å². The summed E-state index contributed by atoms with van der Waals surface area (Å²) in [6, 6.07) is 7.56. The fourth-order valence-corrected chi connectivity index (χ4v) is 4.48. The van der Waals surface area contributed by atoms with Gasteiger partial charge in [-0.15, -0.1) is 0 Å². The molecule has 0 amide bonds. The van der Waals surface area contributed by atoms with E-state index in [1.165, 1.54) is 5.56 Å². The van der Waals surface area contributed by atoms with Gasteiger partial charge in [0, 0.05) is 34.9 Å². The first-order valence-corrected chi connectivity index (χ1v) is 9.92. The van der Waals surface area contributed by atoms with Gasteiger partial charge in [0.05, 0.1) is 0 Å². The Hall–Kier alpha value is -0.390. The van der Waals surface area contributed by atoms with Crippen molar-refractivity contribution in [3.05, 3.63) is 41.0 Å². The average Bonchev–Trinajstić information content (AvgIpc) is 2.49. The second kappa shape index (κ2) is 9.35. The Bertz CT molecular complexity index is 798. The third-order valence-corrected chi connectivity index (χ3v) is 5.24. The van der Waals surface area contributed by atoms with Gasteiger partial charge < -0.3 is 0 Å². The van der Waals surface area contributed by atoms with Crippen LogP contribution < -0.4 is 0 Å². The molecule has 0 saturated heterocycles. The van der Waals surface area contributed by atoms with E-state index in [-0.39, 0.29) is 34.5 Å². The molecule has 3 nitrogen and oxygen atoms in total. The van der Waals surface area contributed by atoms with Gasteiger partial charge in [0.25, 0.3) is 10.1 Å². The summed E-state index contributed by atoms with van der Waals surface area (Å²) in [4.78, 5) is 0.123. The van der Waals surface area contributed by atoms with E-state index in [4.69, 9.17) is 0 Å². The largest absolute Gasteiger partial charge is 0.295 e. The topological polar surface area (TPSA) is 54.4 Å². The van der Waals surface area contributed by atoms with Crippen LogP contribution in [0.2, 0.25) is 0 Å². The van der Waals surface area contributed by atoms with Gasteiger partial charge >= 0.3 is 0 Å². The van der Waals surface area contributed by atoms with Crippen LogP contribution in [0.3, 0.4) is 0 Å². The van der Waals surface area contributed by atoms with E-state index in [2.05, 4.69) is 13.8 Å². The van der Waals surface area contributed by atoms with Crippen LogP contribution >= 0.6 is 0 Å². The molecule has 0 saturated carbocycles. The van der Waals surface area contributed by atoms with Crippen molar-refractivity contribution in [2.75, 3.05) is 0 Å². The third kappa shape index (κ3) is 4.41. The van der Waals surface area contributed by atoms with Gasteiger partial charge in [0.2, 0.25) is 0 Å². The van der Waals surface area contributed by atoms with Crippen molar-refractivity contribution in [3.63, 3.8) is 0 Å². The van der Waals surface area contributed by atoms with Gasteiger partial charge in [-0.1, -0.05) is 64.3 Å². The van der Waals surface area contributed by atoms with Crippen molar-refractivity contribution in [1.29, 1.82) is 0 Å². The van der Waals surface area contributed by atoms with Crippen LogP contribution in [0, 0.1) is 0 Å². The van der Waals surface area contributed by atoms with Gasteiger partial charge in [-0.2, -0.15) is 8.42 Å². The molecule has 0 aromatic heterocycles. The Morgan fingerprint density at radius 1 is 0.792 bits per heavy atom. The number of benzene rings is 2. The van der Waals surface area contributed by atoms with Crippen LogP contribution in [0.15, 0.2) is 29.2 Å². The number of aryl methyl sites for hydroxylation is 1. The van der Waals surface area contributed by atoms with Crippen LogP contribution in [0.4, 0.5) is 0 Å². The monoisotopic (exact) mass is 357 g/mol. The minimum absolute atomic E-state index is 0. The quantitative estimate of drug-likeness (QED) is 0.584. The van der Waals surface area contributed by atoms with E-state index in [9.17, 15) is 13.0 Å². The molecule has 5 heteroatoms. The Labute approximate surface area is 167 Å². The minimum atomic E-state index is -4.25. The summed E-state index contributed by atoms with van der Waals surface area (Å²) in [5.74, 6) is 0. The molecule has 0 heterocycles. The molecule has 0 unspecified atom stereocenters. The van der Waals surface area contributed by atoms with Crippen LogP contribution in [0.25, 0.3) is 10.8 Å². The molecule has 0 aliphatic carbocycles. The van der Waals surface area contributed by atoms with E-state index in [1.54, 1.807) is 0 Å². The first-order valence-electron chi connectivity index (χ1n) is 8.48. The van der Waals surface area contributed by atoms with Crippen LogP contribution in [0.1, 0.15) is 56.7 Å². The van der Waals surface area contributed by atoms with E-state index in [0.29, 0.717) is 11.8 Å². The van der Waals surface area contributed by atoms with Gasteiger partial charge in [0.1, 0.15) is 4.90 Å². The van der Waals surface area contributed by atoms with Crippen molar-refractivity contribution in [2.24, 2.45) is 0 Å². The van der Waals surface area contributed by atoms with E-state index >= 15 is 0 Å². The van der Waals surface area contributed by atoms with Gasteiger partial charge in [-0.25, -0.2) is 0 Å². The molecule has 2 rings (SSSR count).